The van der Waals surface area contributed by atoms with Crippen LogP contribution < -0.4 is 4.74 Å². The molecule has 0 radical (unpaired) electrons. The number of hydrogen-bond donors (Lipinski definition) is 1. The highest BCUT2D eigenvalue weighted by molar-refractivity contribution is 7.85. The van der Waals surface area contributed by atoms with Gasteiger partial charge >= 0.3 is 5.97 Å². The first-order chi connectivity index (χ1) is 10.2. The molecule has 0 aromatic heterocycles. The number of carbonyl (C=O) groups is 1. The van der Waals surface area contributed by atoms with Crippen molar-refractivity contribution in [2.24, 2.45) is 0 Å². The van der Waals surface area contributed by atoms with Crippen molar-refractivity contribution in [2.75, 3.05) is 12.4 Å². The quantitative estimate of drug-likeness (QED) is 0.799. The summed E-state index contributed by atoms with van der Waals surface area (Å²) in [6, 6.07) is 15.7. The molecule has 1 atom stereocenters. The van der Waals surface area contributed by atoms with Crippen molar-refractivity contribution in [3.05, 3.63) is 60.2 Å². The maximum Gasteiger partial charge on any atom is 0.335 e. The maximum atomic E-state index is 12.1. The summed E-state index contributed by atoms with van der Waals surface area (Å²) in [5.74, 6) is 0.216. The lowest BCUT2D eigenvalue weighted by atomic mass is 10.2. The summed E-state index contributed by atoms with van der Waals surface area (Å²) in [5.41, 5.74) is 0.154. The van der Waals surface area contributed by atoms with E-state index in [4.69, 9.17) is 9.84 Å². The van der Waals surface area contributed by atoms with Crippen molar-refractivity contribution < 1.29 is 18.8 Å². The number of carboxylic acid groups (broad SMARTS) is 1. The minimum atomic E-state index is -1.21. The normalized spacial score (nSPS) is 11.8. The van der Waals surface area contributed by atoms with Crippen molar-refractivity contribution in [3.63, 3.8) is 0 Å². The Balaban J connectivity index is 1.82. The molecule has 0 fully saturated rings. The van der Waals surface area contributed by atoms with E-state index in [2.05, 4.69) is 0 Å². The fourth-order valence-electron chi connectivity index (χ4n) is 1.79. The molecule has 0 bridgehead atoms. The lowest BCUT2D eigenvalue weighted by molar-refractivity contribution is 0.0696. The van der Waals surface area contributed by atoms with Crippen molar-refractivity contribution in [1.82, 2.24) is 0 Å². The molecule has 2 aromatic carbocycles. The van der Waals surface area contributed by atoms with Gasteiger partial charge in [0.25, 0.3) is 0 Å². The first-order valence-electron chi connectivity index (χ1n) is 6.56. The molecular formula is C16H16O4S. The van der Waals surface area contributed by atoms with E-state index in [1.54, 1.807) is 12.1 Å². The largest absolute Gasteiger partial charge is 0.494 e. The highest BCUT2D eigenvalue weighted by Crippen LogP contribution is 2.12. The predicted octanol–water partition coefficient (Wildman–Crippen LogP) is 2.96. The number of rotatable bonds is 7. The van der Waals surface area contributed by atoms with Gasteiger partial charge in [-0.15, -0.1) is 0 Å². The molecule has 110 valence electrons. The fourth-order valence-corrected chi connectivity index (χ4v) is 2.89. The van der Waals surface area contributed by atoms with Crippen LogP contribution in [0.4, 0.5) is 0 Å². The summed E-state index contributed by atoms with van der Waals surface area (Å²) in [4.78, 5) is 11.4. The molecule has 0 aliphatic carbocycles. The zero-order chi connectivity index (χ0) is 15.1. The fraction of sp³-hybridized carbons (Fsp3) is 0.188. The maximum absolute atomic E-state index is 12.1. The second-order valence-electron chi connectivity index (χ2n) is 4.40. The molecule has 0 aliphatic rings. The standard InChI is InChI=1S/C16H16O4S/c17-16(18)13-6-4-9-15(12-13)21(19)11-5-10-20-14-7-2-1-3-8-14/h1-4,6-9,12H,5,10-11H2,(H,17,18). The molecular weight excluding hydrogens is 288 g/mol. The number of benzene rings is 2. The highest BCUT2D eigenvalue weighted by atomic mass is 32.2. The van der Waals surface area contributed by atoms with E-state index in [0.29, 0.717) is 23.7 Å². The Hall–Kier alpha value is -2.14. The van der Waals surface area contributed by atoms with Crippen LogP contribution >= 0.6 is 0 Å². The minimum absolute atomic E-state index is 0.154. The molecule has 2 rings (SSSR count). The van der Waals surface area contributed by atoms with E-state index in [1.165, 1.54) is 12.1 Å². The van der Waals surface area contributed by atoms with Gasteiger partial charge in [-0.25, -0.2) is 4.79 Å². The topological polar surface area (TPSA) is 63.6 Å². The van der Waals surface area contributed by atoms with E-state index in [-0.39, 0.29) is 5.56 Å². The lowest BCUT2D eigenvalue weighted by Crippen LogP contribution is -2.06. The van der Waals surface area contributed by atoms with Gasteiger partial charge in [0, 0.05) is 10.6 Å². The van der Waals surface area contributed by atoms with Gasteiger partial charge in [-0.1, -0.05) is 24.3 Å². The van der Waals surface area contributed by atoms with Crippen LogP contribution in [0.1, 0.15) is 16.8 Å². The summed E-state index contributed by atoms with van der Waals surface area (Å²) >= 11 is 0. The van der Waals surface area contributed by atoms with E-state index in [9.17, 15) is 9.00 Å². The van der Waals surface area contributed by atoms with Gasteiger partial charge < -0.3 is 9.84 Å². The van der Waals surface area contributed by atoms with Crippen LogP contribution in [0.5, 0.6) is 5.75 Å². The number of hydrogen-bond acceptors (Lipinski definition) is 3. The van der Waals surface area contributed by atoms with E-state index in [0.717, 1.165) is 5.75 Å². The highest BCUT2D eigenvalue weighted by Gasteiger charge is 2.08. The molecule has 0 saturated heterocycles. The SMILES string of the molecule is O=C(O)c1cccc(S(=O)CCCOc2ccccc2)c1. The Bertz CT molecular complexity index is 625. The van der Waals surface area contributed by atoms with Crippen LogP contribution in [0.3, 0.4) is 0 Å². The van der Waals surface area contributed by atoms with Gasteiger partial charge in [-0.2, -0.15) is 0 Å². The third-order valence-electron chi connectivity index (χ3n) is 2.83. The number of carboxylic acids is 1. The van der Waals surface area contributed by atoms with Crippen LogP contribution in [-0.4, -0.2) is 27.6 Å². The van der Waals surface area contributed by atoms with Crippen molar-refractivity contribution >= 4 is 16.8 Å². The first-order valence-corrected chi connectivity index (χ1v) is 7.88. The Labute approximate surface area is 125 Å². The van der Waals surface area contributed by atoms with Crippen LogP contribution in [0.15, 0.2) is 59.5 Å². The molecule has 1 N–H and O–H groups in total. The minimum Gasteiger partial charge on any atom is -0.494 e. The van der Waals surface area contributed by atoms with E-state index >= 15 is 0 Å². The molecule has 0 amide bonds. The van der Waals surface area contributed by atoms with Crippen molar-refractivity contribution in [1.29, 1.82) is 0 Å². The Kier molecular flexibility index (Phi) is 5.51. The van der Waals surface area contributed by atoms with Crippen LogP contribution in [-0.2, 0) is 10.8 Å². The van der Waals surface area contributed by atoms with Gasteiger partial charge in [0.15, 0.2) is 0 Å². The lowest BCUT2D eigenvalue weighted by Gasteiger charge is -2.06. The van der Waals surface area contributed by atoms with Gasteiger partial charge in [0.2, 0.25) is 0 Å². The van der Waals surface area contributed by atoms with Gasteiger partial charge in [0.05, 0.1) is 23.0 Å². The van der Waals surface area contributed by atoms with E-state index < -0.39 is 16.8 Å². The third-order valence-corrected chi connectivity index (χ3v) is 4.27. The van der Waals surface area contributed by atoms with E-state index in [1.807, 2.05) is 30.3 Å². The average Bonchev–Trinajstić information content (AvgIpc) is 2.52. The molecule has 21 heavy (non-hydrogen) atoms. The van der Waals surface area contributed by atoms with Crippen LogP contribution in [0.25, 0.3) is 0 Å². The molecule has 4 nitrogen and oxygen atoms in total. The molecule has 2 aromatic rings. The molecule has 0 saturated carbocycles. The smallest absolute Gasteiger partial charge is 0.335 e. The van der Waals surface area contributed by atoms with Gasteiger partial charge in [-0.05, 0) is 36.8 Å². The Morgan fingerprint density at radius 1 is 1.10 bits per heavy atom. The molecule has 0 spiro atoms. The zero-order valence-corrected chi connectivity index (χ0v) is 12.2. The first kappa shape index (κ1) is 15.3. The molecule has 0 aliphatic heterocycles. The zero-order valence-electron chi connectivity index (χ0n) is 11.4. The number of ether oxygens (including phenoxy) is 1. The van der Waals surface area contributed by atoms with Crippen molar-refractivity contribution in [3.8, 4) is 5.75 Å². The molecule has 5 heteroatoms. The van der Waals surface area contributed by atoms with Crippen LogP contribution in [0, 0.1) is 0 Å². The van der Waals surface area contributed by atoms with Crippen molar-refractivity contribution in [2.45, 2.75) is 11.3 Å². The number of aromatic carboxylic acids is 1. The second kappa shape index (κ2) is 7.59. The summed E-state index contributed by atoms with van der Waals surface area (Å²) in [7, 11) is -1.21. The van der Waals surface area contributed by atoms with Gasteiger partial charge in [-0.3, -0.25) is 4.21 Å². The third kappa shape index (κ3) is 4.72. The van der Waals surface area contributed by atoms with Crippen LogP contribution in [0.2, 0.25) is 0 Å². The summed E-state index contributed by atoms with van der Waals surface area (Å²) in [6.07, 6.45) is 0.638. The monoisotopic (exact) mass is 304 g/mol. The Morgan fingerprint density at radius 2 is 1.86 bits per heavy atom. The molecule has 1 unspecified atom stereocenters. The Morgan fingerprint density at radius 3 is 2.57 bits per heavy atom. The summed E-state index contributed by atoms with van der Waals surface area (Å²) in [5, 5.41) is 8.91. The summed E-state index contributed by atoms with van der Waals surface area (Å²) < 4.78 is 17.6. The predicted molar refractivity (Wildman–Crippen MR) is 81.2 cm³/mol. The molecule has 0 heterocycles. The van der Waals surface area contributed by atoms with Gasteiger partial charge in [0.1, 0.15) is 5.75 Å². The second-order valence-corrected chi connectivity index (χ2v) is 5.97. The average molecular weight is 304 g/mol. The summed E-state index contributed by atoms with van der Waals surface area (Å²) in [6.45, 7) is 0.481. The number of para-hydroxylation sites is 1.